The molecule has 0 aromatic heterocycles. The first-order valence-corrected chi connectivity index (χ1v) is 13.2. The predicted molar refractivity (Wildman–Crippen MR) is 132 cm³/mol. The summed E-state index contributed by atoms with van der Waals surface area (Å²) in [5.74, 6) is -1.24. The fraction of sp³-hybridized carbons (Fsp3) is 0.440. The number of sulfonamides is 1. The summed E-state index contributed by atoms with van der Waals surface area (Å²) in [4.78, 5) is 27.8. The van der Waals surface area contributed by atoms with Crippen LogP contribution in [0.1, 0.15) is 43.4 Å². The standard InChI is InChI=1S/C25H34FN3O4S/c1-6-12-27-25(31)23(7-2)28(16-20-8-10-21(26)11-9-20)24(30)17-29(34(5,32)33)22-14-18(3)13-19(4)15-22/h8-11,13-15,23H,6-7,12,16-17H2,1-5H3,(H,27,31)/t23-/m0/s1. The van der Waals surface area contributed by atoms with Crippen molar-refractivity contribution in [2.45, 2.75) is 53.1 Å². The van der Waals surface area contributed by atoms with Gasteiger partial charge in [0.05, 0.1) is 11.9 Å². The van der Waals surface area contributed by atoms with Gasteiger partial charge in [-0.2, -0.15) is 0 Å². The highest BCUT2D eigenvalue weighted by Gasteiger charge is 2.31. The number of carbonyl (C=O) groups is 2. The van der Waals surface area contributed by atoms with E-state index >= 15 is 0 Å². The first-order valence-electron chi connectivity index (χ1n) is 11.3. The minimum Gasteiger partial charge on any atom is -0.354 e. The highest BCUT2D eigenvalue weighted by Crippen LogP contribution is 2.22. The summed E-state index contributed by atoms with van der Waals surface area (Å²) in [6.45, 7) is 7.47. The number of halogens is 1. The maximum Gasteiger partial charge on any atom is 0.244 e. The van der Waals surface area contributed by atoms with Crippen LogP contribution < -0.4 is 9.62 Å². The third kappa shape index (κ3) is 7.55. The predicted octanol–water partition coefficient (Wildman–Crippen LogP) is 3.54. The monoisotopic (exact) mass is 491 g/mol. The molecular weight excluding hydrogens is 457 g/mol. The van der Waals surface area contributed by atoms with Crippen molar-refractivity contribution in [2.24, 2.45) is 0 Å². The highest BCUT2D eigenvalue weighted by molar-refractivity contribution is 7.92. The average molecular weight is 492 g/mol. The molecule has 0 saturated heterocycles. The number of nitrogens with one attached hydrogen (secondary N) is 1. The molecule has 0 saturated carbocycles. The normalized spacial score (nSPS) is 12.2. The van der Waals surface area contributed by atoms with Crippen molar-refractivity contribution in [3.8, 4) is 0 Å². The van der Waals surface area contributed by atoms with Crippen LogP contribution in [0.4, 0.5) is 10.1 Å². The van der Waals surface area contributed by atoms with E-state index in [1.807, 2.05) is 26.8 Å². The van der Waals surface area contributed by atoms with Gasteiger partial charge < -0.3 is 10.2 Å². The first-order chi connectivity index (χ1) is 16.0. The van der Waals surface area contributed by atoms with Gasteiger partial charge >= 0.3 is 0 Å². The van der Waals surface area contributed by atoms with E-state index in [0.29, 0.717) is 24.2 Å². The third-order valence-corrected chi connectivity index (χ3v) is 6.52. The summed E-state index contributed by atoms with van der Waals surface area (Å²) in [6.07, 6.45) is 2.13. The molecule has 0 heterocycles. The van der Waals surface area contributed by atoms with Crippen molar-refractivity contribution >= 4 is 27.5 Å². The maximum atomic E-state index is 13.6. The van der Waals surface area contributed by atoms with E-state index in [2.05, 4.69) is 5.32 Å². The summed E-state index contributed by atoms with van der Waals surface area (Å²) >= 11 is 0. The SMILES string of the molecule is CCCNC(=O)[C@H](CC)N(Cc1ccc(F)cc1)C(=O)CN(c1cc(C)cc(C)c1)S(C)(=O)=O. The number of hydrogen-bond acceptors (Lipinski definition) is 4. The van der Waals surface area contributed by atoms with E-state index in [1.54, 1.807) is 31.2 Å². The van der Waals surface area contributed by atoms with Crippen LogP contribution >= 0.6 is 0 Å². The lowest BCUT2D eigenvalue weighted by Gasteiger charge is -2.33. The Morgan fingerprint density at radius 1 is 1.03 bits per heavy atom. The van der Waals surface area contributed by atoms with Crippen molar-refractivity contribution in [1.29, 1.82) is 0 Å². The molecule has 0 aliphatic rings. The van der Waals surface area contributed by atoms with E-state index < -0.39 is 34.3 Å². The number of nitrogens with zero attached hydrogens (tertiary/aromatic N) is 2. The first kappa shape index (κ1) is 27.3. The van der Waals surface area contributed by atoms with E-state index in [9.17, 15) is 22.4 Å². The van der Waals surface area contributed by atoms with Gasteiger partial charge in [0.25, 0.3) is 0 Å². The molecule has 0 fully saturated rings. The number of carbonyl (C=O) groups excluding carboxylic acids is 2. The molecule has 0 aliphatic carbocycles. The Bertz CT molecular complexity index is 1080. The lowest BCUT2D eigenvalue weighted by molar-refractivity contribution is -0.140. The minimum absolute atomic E-state index is 0.0433. The van der Waals surface area contributed by atoms with Crippen LogP contribution in [0.3, 0.4) is 0 Å². The number of benzene rings is 2. The van der Waals surface area contributed by atoms with Crippen molar-refractivity contribution in [1.82, 2.24) is 10.2 Å². The second kappa shape index (κ2) is 12.0. The Labute approximate surface area is 202 Å². The number of aryl methyl sites for hydroxylation is 2. The quantitative estimate of drug-likeness (QED) is 0.521. The van der Waals surface area contributed by atoms with Crippen molar-refractivity contribution in [3.63, 3.8) is 0 Å². The van der Waals surface area contributed by atoms with E-state index in [4.69, 9.17) is 0 Å². The van der Waals surface area contributed by atoms with Crippen molar-refractivity contribution in [2.75, 3.05) is 23.7 Å². The molecular formula is C25H34FN3O4S. The summed E-state index contributed by atoms with van der Waals surface area (Å²) in [7, 11) is -3.79. The molecule has 2 rings (SSSR count). The minimum atomic E-state index is -3.79. The Kier molecular flexibility index (Phi) is 9.61. The zero-order valence-electron chi connectivity index (χ0n) is 20.5. The molecule has 1 atom stereocenters. The van der Waals surface area contributed by atoms with Crippen LogP contribution in [0, 0.1) is 19.7 Å². The molecule has 2 aromatic carbocycles. The molecule has 186 valence electrons. The molecule has 0 spiro atoms. The second-order valence-corrected chi connectivity index (χ2v) is 10.4. The van der Waals surface area contributed by atoms with Gasteiger partial charge in [0.1, 0.15) is 18.4 Å². The van der Waals surface area contributed by atoms with Crippen LogP contribution in [0.15, 0.2) is 42.5 Å². The summed E-state index contributed by atoms with van der Waals surface area (Å²) in [5.41, 5.74) is 2.75. The fourth-order valence-corrected chi connectivity index (χ4v) is 4.61. The zero-order valence-corrected chi connectivity index (χ0v) is 21.3. The second-order valence-electron chi connectivity index (χ2n) is 8.48. The van der Waals surface area contributed by atoms with Gasteiger partial charge in [-0.3, -0.25) is 13.9 Å². The molecule has 1 N–H and O–H groups in total. The summed E-state index contributed by atoms with van der Waals surface area (Å²) in [5, 5.41) is 2.82. The fourth-order valence-electron chi connectivity index (χ4n) is 3.78. The molecule has 2 amide bonds. The smallest absolute Gasteiger partial charge is 0.244 e. The van der Waals surface area contributed by atoms with Gasteiger partial charge in [-0.05, 0) is 67.6 Å². The Morgan fingerprint density at radius 2 is 1.62 bits per heavy atom. The van der Waals surface area contributed by atoms with E-state index in [0.717, 1.165) is 28.1 Å². The molecule has 0 unspecified atom stereocenters. The Morgan fingerprint density at radius 3 is 2.12 bits per heavy atom. The third-order valence-electron chi connectivity index (χ3n) is 5.37. The summed E-state index contributed by atoms with van der Waals surface area (Å²) in [6, 6.07) is 10.2. The lowest BCUT2D eigenvalue weighted by atomic mass is 10.1. The van der Waals surface area contributed by atoms with Crippen LogP contribution in [0.25, 0.3) is 0 Å². The Hall–Kier alpha value is -2.94. The molecule has 0 bridgehead atoms. The number of rotatable bonds is 11. The molecule has 0 radical (unpaired) electrons. The van der Waals surface area contributed by atoms with Crippen molar-refractivity contribution < 1.29 is 22.4 Å². The van der Waals surface area contributed by atoms with Gasteiger partial charge in [0.2, 0.25) is 21.8 Å². The highest BCUT2D eigenvalue weighted by atomic mass is 32.2. The largest absolute Gasteiger partial charge is 0.354 e. The Balaban J connectivity index is 2.44. The molecule has 2 aromatic rings. The van der Waals surface area contributed by atoms with Crippen LogP contribution in [-0.4, -0.2) is 50.5 Å². The topological polar surface area (TPSA) is 86.8 Å². The van der Waals surface area contributed by atoms with Crippen LogP contribution in [-0.2, 0) is 26.2 Å². The average Bonchev–Trinajstić information content (AvgIpc) is 2.75. The lowest BCUT2D eigenvalue weighted by Crippen LogP contribution is -2.52. The molecule has 7 nitrogen and oxygen atoms in total. The van der Waals surface area contributed by atoms with Gasteiger partial charge in [0.15, 0.2) is 0 Å². The maximum absolute atomic E-state index is 13.6. The van der Waals surface area contributed by atoms with Gasteiger partial charge in [-0.1, -0.05) is 32.0 Å². The van der Waals surface area contributed by atoms with Gasteiger partial charge in [-0.25, -0.2) is 12.8 Å². The van der Waals surface area contributed by atoms with E-state index in [1.165, 1.54) is 17.0 Å². The number of amides is 2. The van der Waals surface area contributed by atoms with Gasteiger partial charge in [-0.15, -0.1) is 0 Å². The zero-order chi connectivity index (χ0) is 25.5. The van der Waals surface area contributed by atoms with E-state index in [-0.39, 0.29) is 12.5 Å². The molecule has 9 heteroatoms. The number of hydrogen-bond donors (Lipinski definition) is 1. The van der Waals surface area contributed by atoms with Crippen LogP contribution in [0.2, 0.25) is 0 Å². The molecule has 34 heavy (non-hydrogen) atoms. The van der Waals surface area contributed by atoms with Crippen molar-refractivity contribution in [3.05, 3.63) is 65.0 Å². The summed E-state index contributed by atoms with van der Waals surface area (Å²) < 4.78 is 39.8. The number of anilines is 1. The molecule has 0 aliphatic heterocycles. The van der Waals surface area contributed by atoms with Crippen LogP contribution in [0.5, 0.6) is 0 Å². The van der Waals surface area contributed by atoms with Gasteiger partial charge in [0, 0.05) is 13.1 Å².